The van der Waals surface area contributed by atoms with Gasteiger partial charge in [-0.15, -0.1) is 0 Å². The normalized spacial score (nSPS) is 12.2. The van der Waals surface area contributed by atoms with Crippen molar-refractivity contribution in [2.45, 2.75) is 26.7 Å². The molecule has 1 N–H and O–H groups in total. The van der Waals surface area contributed by atoms with Gasteiger partial charge in [0.25, 0.3) is 0 Å². The van der Waals surface area contributed by atoms with Crippen molar-refractivity contribution >= 4 is 5.91 Å². The number of amides is 1. The van der Waals surface area contributed by atoms with Crippen LogP contribution in [0, 0.1) is 13.8 Å². The van der Waals surface area contributed by atoms with Crippen LogP contribution >= 0.6 is 0 Å². The smallest absolute Gasteiger partial charge is 0.231 e. The lowest BCUT2D eigenvalue weighted by Crippen LogP contribution is -2.27. The van der Waals surface area contributed by atoms with Gasteiger partial charge in [-0.05, 0) is 49.6 Å². The number of benzene rings is 2. The summed E-state index contributed by atoms with van der Waals surface area (Å²) in [5, 5.41) is 2.94. The Balaban J connectivity index is 1.33. The van der Waals surface area contributed by atoms with Gasteiger partial charge in [-0.25, -0.2) is 4.98 Å². The molecule has 2 aromatic carbocycles. The fourth-order valence-electron chi connectivity index (χ4n) is 3.18. The molecule has 3 aromatic rings. The first-order chi connectivity index (χ1) is 13.6. The average Bonchev–Trinajstić information content (AvgIpc) is 3.28. The van der Waals surface area contributed by atoms with Crippen LogP contribution in [0.3, 0.4) is 0 Å². The molecule has 1 aliphatic heterocycles. The minimum absolute atomic E-state index is 0.0755. The van der Waals surface area contributed by atoms with Gasteiger partial charge in [0.05, 0.1) is 12.1 Å². The molecule has 4 rings (SSSR count). The predicted molar refractivity (Wildman–Crippen MR) is 104 cm³/mol. The van der Waals surface area contributed by atoms with Crippen LogP contribution in [-0.2, 0) is 17.6 Å². The van der Waals surface area contributed by atoms with Gasteiger partial charge in [0, 0.05) is 12.1 Å². The van der Waals surface area contributed by atoms with Crippen LogP contribution in [0.2, 0.25) is 0 Å². The highest BCUT2D eigenvalue weighted by Crippen LogP contribution is 2.32. The SMILES string of the molecule is Cc1ccccc1-c1nc(CC(=O)NCCc2ccc3c(c2)OCO3)c(C)o1. The lowest BCUT2D eigenvalue weighted by Gasteiger charge is -2.05. The Bertz CT molecular complexity index is 1010. The van der Waals surface area contributed by atoms with Gasteiger partial charge in [0.2, 0.25) is 18.6 Å². The zero-order chi connectivity index (χ0) is 19.5. The maximum Gasteiger partial charge on any atom is 0.231 e. The van der Waals surface area contributed by atoms with E-state index in [9.17, 15) is 4.79 Å². The number of oxazole rings is 1. The molecule has 0 radical (unpaired) electrons. The van der Waals surface area contributed by atoms with Crippen molar-refractivity contribution < 1.29 is 18.7 Å². The van der Waals surface area contributed by atoms with E-state index in [4.69, 9.17) is 13.9 Å². The minimum atomic E-state index is -0.0755. The topological polar surface area (TPSA) is 73.6 Å². The molecule has 1 aliphatic rings. The van der Waals surface area contributed by atoms with Crippen molar-refractivity contribution in [3.8, 4) is 23.0 Å². The molecule has 144 valence electrons. The van der Waals surface area contributed by atoms with Gasteiger partial charge in [-0.2, -0.15) is 0 Å². The number of carbonyl (C=O) groups is 1. The minimum Gasteiger partial charge on any atom is -0.454 e. The summed E-state index contributed by atoms with van der Waals surface area (Å²) in [4.78, 5) is 16.8. The Morgan fingerprint density at radius 3 is 2.79 bits per heavy atom. The molecule has 0 atom stereocenters. The molecule has 6 heteroatoms. The van der Waals surface area contributed by atoms with Gasteiger partial charge in [-0.3, -0.25) is 4.79 Å². The van der Waals surface area contributed by atoms with Crippen LogP contribution in [0.5, 0.6) is 11.5 Å². The Morgan fingerprint density at radius 2 is 1.93 bits per heavy atom. The van der Waals surface area contributed by atoms with Gasteiger partial charge in [0.1, 0.15) is 5.76 Å². The van der Waals surface area contributed by atoms with Crippen molar-refractivity contribution in [1.82, 2.24) is 10.3 Å². The van der Waals surface area contributed by atoms with Gasteiger partial charge in [0.15, 0.2) is 11.5 Å². The number of ether oxygens (including phenoxy) is 2. The van der Waals surface area contributed by atoms with Crippen molar-refractivity contribution in [1.29, 1.82) is 0 Å². The zero-order valence-electron chi connectivity index (χ0n) is 16.0. The summed E-state index contributed by atoms with van der Waals surface area (Å²) < 4.78 is 16.5. The molecular formula is C22H22N2O4. The van der Waals surface area contributed by atoms with Crippen molar-refractivity contribution in [2.24, 2.45) is 0 Å². The quantitative estimate of drug-likeness (QED) is 0.710. The lowest BCUT2D eigenvalue weighted by atomic mass is 10.1. The molecule has 0 saturated carbocycles. The van der Waals surface area contributed by atoms with Crippen LogP contribution in [0.1, 0.15) is 22.6 Å². The third-order valence-corrected chi connectivity index (χ3v) is 4.77. The van der Waals surface area contributed by atoms with Gasteiger partial charge < -0.3 is 19.2 Å². The zero-order valence-corrected chi connectivity index (χ0v) is 16.0. The summed E-state index contributed by atoms with van der Waals surface area (Å²) in [5.74, 6) is 2.67. The fraction of sp³-hybridized carbons (Fsp3) is 0.273. The first kappa shape index (κ1) is 18.1. The van der Waals surface area contributed by atoms with E-state index in [0.29, 0.717) is 30.3 Å². The number of carbonyl (C=O) groups excluding carboxylic acids is 1. The lowest BCUT2D eigenvalue weighted by molar-refractivity contribution is -0.120. The van der Waals surface area contributed by atoms with Gasteiger partial charge >= 0.3 is 0 Å². The number of aryl methyl sites for hydroxylation is 2. The molecule has 0 spiro atoms. The highest BCUT2D eigenvalue weighted by Gasteiger charge is 2.16. The largest absolute Gasteiger partial charge is 0.454 e. The molecule has 1 aromatic heterocycles. The standard InChI is InChI=1S/C22H22N2O4/c1-14-5-3-4-6-17(14)22-24-18(15(2)28-22)12-21(25)23-10-9-16-7-8-19-20(11-16)27-13-26-19/h3-8,11H,9-10,12-13H2,1-2H3,(H,23,25). The summed E-state index contributed by atoms with van der Waals surface area (Å²) in [6.07, 6.45) is 0.914. The van der Waals surface area contributed by atoms with E-state index in [1.165, 1.54) is 0 Å². The second kappa shape index (κ2) is 7.76. The first-order valence-corrected chi connectivity index (χ1v) is 9.27. The molecule has 6 nitrogen and oxygen atoms in total. The Kier molecular flexibility index (Phi) is 5.02. The van der Waals surface area contributed by atoms with E-state index in [2.05, 4.69) is 10.3 Å². The monoisotopic (exact) mass is 378 g/mol. The summed E-state index contributed by atoms with van der Waals surface area (Å²) in [6, 6.07) is 13.7. The van der Waals surface area contributed by atoms with Crippen LogP contribution in [-0.4, -0.2) is 24.2 Å². The summed E-state index contributed by atoms with van der Waals surface area (Å²) in [5.41, 5.74) is 3.78. The molecule has 28 heavy (non-hydrogen) atoms. The number of aromatic nitrogens is 1. The van der Waals surface area contributed by atoms with Crippen molar-refractivity contribution in [2.75, 3.05) is 13.3 Å². The van der Waals surface area contributed by atoms with Crippen LogP contribution in [0.25, 0.3) is 11.5 Å². The Morgan fingerprint density at radius 1 is 1.11 bits per heavy atom. The summed E-state index contributed by atoms with van der Waals surface area (Å²) in [7, 11) is 0. The molecule has 0 unspecified atom stereocenters. The third kappa shape index (κ3) is 3.86. The highest BCUT2D eigenvalue weighted by molar-refractivity contribution is 5.78. The van der Waals surface area contributed by atoms with Gasteiger partial charge in [-0.1, -0.05) is 24.3 Å². The number of nitrogens with one attached hydrogen (secondary N) is 1. The third-order valence-electron chi connectivity index (χ3n) is 4.77. The molecule has 0 aliphatic carbocycles. The maximum atomic E-state index is 12.3. The fourth-order valence-corrected chi connectivity index (χ4v) is 3.18. The molecule has 0 fully saturated rings. The first-order valence-electron chi connectivity index (χ1n) is 9.27. The number of hydrogen-bond donors (Lipinski definition) is 1. The van der Waals surface area contributed by atoms with Crippen LogP contribution in [0.15, 0.2) is 46.9 Å². The van der Waals surface area contributed by atoms with E-state index in [-0.39, 0.29) is 19.1 Å². The maximum absolute atomic E-state index is 12.3. The predicted octanol–water partition coefficient (Wildman–Crippen LogP) is 3.59. The van der Waals surface area contributed by atoms with Crippen molar-refractivity contribution in [3.63, 3.8) is 0 Å². The number of nitrogens with zero attached hydrogens (tertiary/aromatic N) is 1. The van der Waals surface area contributed by atoms with E-state index in [0.717, 1.165) is 28.2 Å². The molecule has 1 amide bonds. The molecule has 2 heterocycles. The van der Waals surface area contributed by atoms with Crippen molar-refractivity contribution in [3.05, 3.63) is 65.0 Å². The summed E-state index contributed by atoms with van der Waals surface area (Å²) >= 11 is 0. The second-order valence-corrected chi connectivity index (χ2v) is 6.80. The highest BCUT2D eigenvalue weighted by atomic mass is 16.7. The summed E-state index contributed by atoms with van der Waals surface area (Å²) in [6.45, 7) is 4.65. The Hall–Kier alpha value is -3.28. The number of fused-ring (bicyclic) bond motifs is 1. The van der Waals surface area contributed by atoms with E-state index in [1.807, 2.05) is 56.3 Å². The van der Waals surface area contributed by atoms with E-state index < -0.39 is 0 Å². The van der Waals surface area contributed by atoms with E-state index >= 15 is 0 Å². The average molecular weight is 378 g/mol. The second-order valence-electron chi connectivity index (χ2n) is 6.80. The molecular weight excluding hydrogens is 356 g/mol. The number of hydrogen-bond acceptors (Lipinski definition) is 5. The van der Waals surface area contributed by atoms with Crippen LogP contribution in [0.4, 0.5) is 0 Å². The molecule has 0 saturated heterocycles. The van der Waals surface area contributed by atoms with Crippen LogP contribution < -0.4 is 14.8 Å². The van der Waals surface area contributed by atoms with E-state index in [1.54, 1.807) is 0 Å². The molecule has 0 bridgehead atoms. The Labute approximate surface area is 163 Å². The number of rotatable bonds is 6.